The zero-order chi connectivity index (χ0) is 14.8. The second kappa shape index (κ2) is 5.63. The summed E-state index contributed by atoms with van der Waals surface area (Å²) >= 11 is 5.82. The third-order valence-corrected chi connectivity index (χ3v) is 3.71. The van der Waals surface area contributed by atoms with E-state index in [1.807, 2.05) is 0 Å². The molecule has 2 aromatic rings. The Balaban J connectivity index is 2.43. The van der Waals surface area contributed by atoms with E-state index in [-0.39, 0.29) is 6.42 Å². The molecule has 0 bridgehead atoms. The van der Waals surface area contributed by atoms with Gasteiger partial charge in [-0.15, -0.1) is 0 Å². The van der Waals surface area contributed by atoms with E-state index in [2.05, 4.69) is 0 Å². The third kappa shape index (κ3) is 2.83. The Bertz CT molecular complexity index is 625. The first kappa shape index (κ1) is 14.5. The van der Waals surface area contributed by atoms with Crippen LogP contribution in [0, 0.1) is 5.82 Å². The molecule has 0 saturated heterocycles. The largest absolute Gasteiger partial charge is 0.481 e. The Labute approximate surface area is 121 Å². The molecule has 20 heavy (non-hydrogen) atoms. The van der Waals surface area contributed by atoms with Crippen molar-refractivity contribution in [3.8, 4) is 0 Å². The maximum Gasteiger partial charge on any atom is 0.314 e. The molecule has 0 radical (unpaired) electrons. The van der Waals surface area contributed by atoms with Gasteiger partial charge in [0.1, 0.15) is 5.82 Å². The van der Waals surface area contributed by atoms with Gasteiger partial charge in [-0.1, -0.05) is 41.9 Å². The molecule has 2 nitrogen and oxygen atoms in total. The molecule has 2 aromatic carbocycles. The van der Waals surface area contributed by atoms with Crippen molar-refractivity contribution in [2.45, 2.75) is 18.8 Å². The number of carbonyl (C=O) groups is 1. The molecule has 0 aliphatic heterocycles. The normalized spacial score (nSPS) is 13.8. The highest BCUT2D eigenvalue weighted by Gasteiger charge is 2.36. The van der Waals surface area contributed by atoms with E-state index < -0.39 is 17.2 Å². The highest BCUT2D eigenvalue weighted by Crippen LogP contribution is 2.30. The van der Waals surface area contributed by atoms with Crippen molar-refractivity contribution in [1.82, 2.24) is 0 Å². The molecule has 0 aromatic heterocycles. The number of aliphatic carboxylic acids is 1. The van der Waals surface area contributed by atoms with Gasteiger partial charge >= 0.3 is 5.97 Å². The zero-order valence-corrected chi connectivity index (χ0v) is 11.7. The van der Waals surface area contributed by atoms with Gasteiger partial charge in [-0.05, 0) is 42.7 Å². The van der Waals surface area contributed by atoms with Crippen LogP contribution in [0.1, 0.15) is 18.1 Å². The monoisotopic (exact) mass is 292 g/mol. The van der Waals surface area contributed by atoms with Crippen LogP contribution in [0.5, 0.6) is 0 Å². The number of hydrogen-bond acceptors (Lipinski definition) is 1. The van der Waals surface area contributed by atoms with Gasteiger partial charge in [0, 0.05) is 5.02 Å². The molecule has 104 valence electrons. The number of hydrogen-bond donors (Lipinski definition) is 1. The second-order valence-electron chi connectivity index (χ2n) is 4.91. The van der Waals surface area contributed by atoms with Crippen LogP contribution in [0.4, 0.5) is 4.39 Å². The minimum absolute atomic E-state index is 0.0800. The van der Waals surface area contributed by atoms with Crippen molar-refractivity contribution in [3.63, 3.8) is 0 Å². The van der Waals surface area contributed by atoms with Crippen LogP contribution in [0.2, 0.25) is 5.02 Å². The first-order valence-corrected chi connectivity index (χ1v) is 6.54. The Morgan fingerprint density at radius 3 is 2.35 bits per heavy atom. The van der Waals surface area contributed by atoms with E-state index >= 15 is 0 Å². The standard InChI is InChI=1S/C16H14ClFO2/c1-16(15(19)20,12-6-8-13(17)9-7-12)10-11-4-2-3-5-14(11)18/h2-9H,10H2,1H3,(H,19,20). The summed E-state index contributed by atoms with van der Waals surface area (Å²) in [5.41, 5.74) is -0.225. The van der Waals surface area contributed by atoms with Gasteiger partial charge in [0.25, 0.3) is 0 Å². The third-order valence-electron chi connectivity index (χ3n) is 3.46. The van der Waals surface area contributed by atoms with Crippen LogP contribution in [0.15, 0.2) is 48.5 Å². The van der Waals surface area contributed by atoms with Gasteiger partial charge in [-0.2, -0.15) is 0 Å². The predicted octanol–water partition coefficient (Wildman–Crippen LogP) is 4.06. The van der Waals surface area contributed by atoms with Crippen LogP contribution >= 0.6 is 11.6 Å². The van der Waals surface area contributed by atoms with Crippen molar-refractivity contribution in [1.29, 1.82) is 0 Å². The molecule has 0 aliphatic rings. The van der Waals surface area contributed by atoms with Gasteiger partial charge in [0.05, 0.1) is 5.41 Å². The summed E-state index contributed by atoms with van der Waals surface area (Å²) < 4.78 is 13.7. The lowest BCUT2D eigenvalue weighted by molar-refractivity contribution is -0.143. The van der Waals surface area contributed by atoms with Gasteiger partial charge < -0.3 is 5.11 Å². The first-order valence-electron chi connectivity index (χ1n) is 6.16. The van der Waals surface area contributed by atoms with Crippen LogP contribution < -0.4 is 0 Å². The van der Waals surface area contributed by atoms with Gasteiger partial charge in [-0.3, -0.25) is 4.79 Å². The highest BCUT2D eigenvalue weighted by atomic mass is 35.5. The van der Waals surface area contributed by atoms with Crippen LogP contribution in [0.3, 0.4) is 0 Å². The number of carboxylic acid groups (broad SMARTS) is 1. The lowest BCUT2D eigenvalue weighted by Gasteiger charge is -2.25. The van der Waals surface area contributed by atoms with Crippen molar-refractivity contribution in [2.24, 2.45) is 0 Å². The van der Waals surface area contributed by atoms with Gasteiger partial charge in [0.2, 0.25) is 0 Å². The summed E-state index contributed by atoms with van der Waals surface area (Å²) in [6.07, 6.45) is 0.0800. The Morgan fingerprint density at radius 1 is 1.20 bits per heavy atom. The summed E-state index contributed by atoms with van der Waals surface area (Å²) in [7, 11) is 0. The average molecular weight is 293 g/mol. The Kier molecular flexibility index (Phi) is 4.09. The van der Waals surface area contributed by atoms with E-state index in [9.17, 15) is 14.3 Å². The first-order chi connectivity index (χ1) is 9.43. The molecule has 0 saturated carbocycles. The molecule has 1 N–H and O–H groups in total. The summed E-state index contributed by atoms with van der Waals surface area (Å²) in [4.78, 5) is 11.7. The zero-order valence-electron chi connectivity index (χ0n) is 10.9. The summed E-state index contributed by atoms with van der Waals surface area (Å²) in [5.74, 6) is -1.39. The fourth-order valence-corrected chi connectivity index (χ4v) is 2.27. The SMILES string of the molecule is CC(Cc1ccccc1F)(C(=O)O)c1ccc(Cl)cc1. The van der Waals surface area contributed by atoms with Crippen LogP contribution in [0.25, 0.3) is 0 Å². The van der Waals surface area contributed by atoms with E-state index in [1.54, 1.807) is 49.4 Å². The molecule has 2 rings (SSSR count). The quantitative estimate of drug-likeness (QED) is 0.922. The highest BCUT2D eigenvalue weighted by molar-refractivity contribution is 6.30. The molecular formula is C16H14ClFO2. The molecule has 0 amide bonds. The van der Waals surface area contributed by atoms with Crippen molar-refractivity contribution in [2.75, 3.05) is 0 Å². The molecule has 4 heteroatoms. The molecule has 0 heterocycles. The molecule has 0 aliphatic carbocycles. The number of benzene rings is 2. The Morgan fingerprint density at radius 2 is 1.80 bits per heavy atom. The minimum atomic E-state index is -1.20. The maximum absolute atomic E-state index is 13.7. The van der Waals surface area contributed by atoms with Gasteiger partial charge in [-0.25, -0.2) is 4.39 Å². The second-order valence-corrected chi connectivity index (χ2v) is 5.35. The summed E-state index contributed by atoms with van der Waals surface area (Å²) in [5, 5.41) is 10.1. The van der Waals surface area contributed by atoms with Crippen LogP contribution in [-0.2, 0) is 16.6 Å². The van der Waals surface area contributed by atoms with E-state index in [0.717, 1.165) is 0 Å². The molecule has 1 atom stereocenters. The number of carboxylic acids is 1. The summed E-state index contributed by atoms with van der Waals surface area (Å²) in [6, 6.07) is 12.8. The average Bonchev–Trinajstić information content (AvgIpc) is 2.42. The van der Waals surface area contributed by atoms with Crippen LogP contribution in [-0.4, -0.2) is 11.1 Å². The topological polar surface area (TPSA) is 37.3 Å². The predicted molar refractivity (Wildman–Crippen MR) is 76.5 cm³/mol. The molecule has 0 fully saturated rings. The van der Waals surface area contributed by atoms with E-state index in [4.69, 9.17) is 11.6 Å². The molecule has 1 unspecified atom stereocenters. The fraction of sp³-hybridized carbons (Fsp3) is 0.188. The smallest absolute Gasteiger partial charge is 0.314 e. The van der Waals surface area contributed by atoms with E-state index in [0.29, 0.717) is 16.1 Å². The van der Waals surface area contributed by atoms with Crippen molar-refractivity contribution in [3.05, 3.63) is 70.5 Å². The van der Waals surface area contributed by atoms with E-state index in [1.165, 1.54) is 6.07 Å². The lowest BCUT2D eigenvalue weighted by atomic mass is 9.77. The Hall–Kier alpha value is -1.87. The number of halogens is 2. The minimum Gasteiger partial charge on any atom is -0.481 e. The van der Waals surface area contributed by atoms with Crippen molar-refractivity contribution >= 4 is 17.6 Å². The number of rotatable bonds is 4. The van der Waals surface area contributed by atoms with Gasteiger partial charge in [0.15, 0.2) is 0 Å². The van der Waals surface area contributed by atoms with Crippen molar-refractivity contribution < 1.29 is 14.3 Å². The molecular weight excluding hydrogens is 279 g/mol. The molecule has 0 spiro atoms. The summed E-state index contributed by atoms with van der Waals surface area (Å²) in [6.45, 7) is 1.59. The lowest BCUT2D eigenvalue weighted by Crippen LogP contribution is -2.35. The maximum atomic E-state index is 13.7. The fourth-order valence-electron chi connectivity index (χ4n) is 2.14.